The van der Waals surface area contributed by atoms with Crippen LogP contribution in [-0.2, 0) is 28.9 Å². The van der Waals surface area contributed by atoms with Crippen LogP contribution in [-0.4, -0.2) is 51.9 Å². The van der Waals surface area contributed by atoms with E-state index in [2.05, 4.69) is 27.7 Å². The van der Waals surface area contributed by atoms with E-state index in [1.54, 1.807) is 23.0 Å². The zero-order valence-electron chi connectivity index (χ0n) is 19.4. The number of carbonyl (C=O) groups is 1. The number of ether oxygens (including phenoxy) is 1. The Kier molecular flexibility index (Phi) is 8.58. The number of nitrogens with zero attached hydrogens (tertiary/aromatic N) is 3. The topological polar surface area (TPSA) is 64.4 Å². The molecule has 0 saturated carbocycles. The normalized spacial score (nSPS) is 15.6. The Hall–Kier alpha value is -1.38. The van der Waals surface area contributed by atoms with E-state index in [1.807, 2.05) is 4.90 Å². The first kappa shape index (κ1) is 24.3. The summed E-state index contributed by atoms with van der Waals surface area (Å²) in [5.41, 5.74) is 1.21. The third-order valence-electron chi connectivity index (χ3n) is 6.30. The van der Waals surface area contributed by atoms with Crippen molar-refractivity contribution in [2.75, 3.05) is 19.5 Å². The van der Waals surface area contributed by atoms with Gasteiger partial charge in [0.05, 0.1) is 24.3 Å². The fourth-order valence-corrected chi connectivity index (χ4v) is 6.43. The summed E-state index contributed by atoms with van der Waals surface area (Å²) >= 11 is 3.03. The summed E-state index contributed by atoms with van der Waals surface area (Å²) < 4.78 is 6.96. The van der Waals surface area contributed by atoms with Crippen LogP contribution in [0.4, 0.5) is 0 Å². The molecule has 2 aromatic rings. The molecule has 2 unspecified atom stereocenters. The van der Waals surface area contributed by atoms with Gasteiger partial charge in [-0.3, -0.25) is 14.2 Å². The summed E-state index contributed by atoms with van der Waals surface area (Å²) in [6.45, 7) is 9.30. The van der Waals surface area contributed by atoms with Crippen LogP contribution >= 0.6 is 23.1 Å². The van der Waals surface area contributed by atoms with Crippen LogP contribution in [0.25, 0.3) is 10.2 Å². The van der Waals surface area contributed by atoms with Gasteiger partial charge < -0.3 is 9.64 Å². The Morgan fingerprint density at radius 3 is 2.55 bits per heavy atom. The molecule has 0 aromatic carbocycles. The van der Waals surface area contributed by atoms with E-state index in [4.69, 9.17) is 9.72 Å². The third kappa shape index (κ3) is 5.17. The van der Waals surface area contributed by atoms with Gasteiger partial charge in [0, 0.05) is 24.1 Å². The first-order valence-electron chi connectivity index (χ1n) is 11.4. The van der Waals surface area contributed by atoms with Gasteiger partial charge in [-0.15, -0.1) is 11.3 Å². The van der Waals surface area contributed by atoms with Crippen LogP contribution in [0, 0.1) is 0 Å². The molecule has 0 aliphatic heterocycles. The number of thiophene rings is 1. The standard InChI is InChI=1S/C23H35N3O3S2/c1-6-15(3)26(16(4)7-2)19(27)14-30-23-24-21-20(22(28)25(23)12-13-29-5)17-10-8-9-11-18(17)31-21/h15-16H,6-14H2,1-5H3. The molecule has 31 heavy (non-hydrogen) atoms. The van der Waals surface area contributed by atoms with E-state index < -0.39 is 0 Å². The van der Waals surface area contributed by atoms with Gasteiger partial charge in [0.2, 0.25) is 5.91 Å². The van der Waals surface area contributed by atoms with E-state index in [9.17, 15) is 9.59 Å². The molecule has 1 aliphatic carbocycles. The van der Waals surface area contributed by atoms with Crippen molar-refractivity contribution in [3.8, 4) is 0 Å². The van der Waals surface area contributed by atoms with Gasteiger partial charge >= 0.3 is 0 Å². The van der Waals surface area contributed by atoms with Crippen molar-refractivity contribution < 1.29 is 9.53 Å². The van der Waals surface area contributed by atoms with Gasteiger partial charge in [-0.2, -0.15) is 0 Å². The maximum absolute atomic E-state index is 13.4. The molecule has 0 N–H and O–H groups in total. The molecule has 0 fully saturated rings. The van der Waals surface area contributed by atoms with Gasteiger partial charge in [0.15, 0.2) is 5.16 Å². The molecule has 0 radical (unpaired) electrons. The molecule has 3 rings (SSSR count). The highest BCUT2D eigenvalue weighted by Gasteiger charge is 2.26. The first-order valence-corrected chi connectivity index (χ1v) is 13.2. The Bertz CT molecular complexity index is 959. The number of fused-ring (bicyclic) bond motifs is 3. The number of carbonyl (C=O) groups excluding carboxylic acids is 1. The monoisotopic (exact) mass is 465 g/mol. The van der Waals surface area contributed by atoms with E-state index in [0.29, 0.717) is 18.3 Å². The highest BCUT2D eigenvalue weighted by molar-refractivity contribution is 7.99. The molecule has 8 heteroatoms. The summed E-state index contributed by atoms with van der Waals surface area (Å²) in [6, 6.07) is 0.386. The summed E-state index contributed by atoms with van der Waals surface area (Å²) in [5, 5.41) is 1.40. The number of thioether (sulfide) groups is 1. The molecule has 6 nitrogen and oxygen atoms in total. The minimum atomic E-state index is 0.0112. The molecule has 0 bridgehead atoms. The van der Waals surface area contributed by atoms with E-state index in [0.717, 1.165) is 42.3 Å². The van der Waals surface area contributed by atoms with Crippen LogP contribution in [0.2, 0.25) is 0 Å². The van der Waals surface area contributed by atoms with Crippen LogP contribution in [0.5, 0.6) is 0 Å². The first-order chi connectivity index (χ1) is 14.9. The maximum Gasteiger partial charge on any atom is 0.263 e. The summed E-state index contributed by atoms with van der Waals surface area (Å²) in [4.78, 5) is 35.6. The zero-order chi connectivity index (χ0) is 22.5. The average molecular weight is 466 g/mol. The molecule has 1 aliphatic rings. The Morgan fingerprint density at radius 2 is 1.90 bits per heavy atom. The van der Waals surface area contributed by atoms with Crippen molar-refractivity contribution in [3.63, 3.8) is 0 Å². The predicted octanol–water partition coefficient (Wildman–Crippen LogP) is 4.50. The minimum absolute atomic E-state index is 0.0112. The lowest BCUT2D eigenvalue weighted by Gasteiger charge is -2.34. The number of methoxy groups -OCH3 is 1. The van der Waals surface area contributed by atoms with Gasteiger partial charge in [-0.25, -0.2) is 4.98 Å². The van der Waals surface area contributed by atoms with E-state index >= 15 is 0 Å². The number of rotatable bonds is 10. The van der Waals surface area contributed by atoms with E-state index in [-0.39, 0.29) is 29.3 Å². The number of amides is 1. The van der Waals surface area contributed by atoms with Crippen LogP contribution < -0.4 is 5.56 Å². The molecule has 0 spiro atoms. The SMILES string of the molecule is CCC(C)N(C(=O)CSc1nc2sc3c(c2c(=O)n1CCOC)CCCC3)C(C)CC. The lowest BCUT2D eigenvalue weighted by Crippen LogP contribution is -2.45. The van der Waals surface area contributed by atoms with Gasteiger partial charge in [0.25, 0.3) is 5.56 Å². The second kappa shape index (κ2) is 11.0. The van der Waals surface area contributed by atoms with Crippen LogP contribution in [0.1, 0.15) is 63.8 Å². The molecule has 0 saturated heterocycles. The second-order valence-electron chi connectivity index (χ2n) is 8.34. The molecule has 2 aromatic heterocycles. The fourth-order valence-electron chi connectivity index (χ4n) is 4.23. The van der Waals surface area contributed by atoms with Crippen molar-refractivity contribution in [1.82, 2.24) is 14.5 Å². The highest BCUT2D eigenvalue weighted by Crippen LogP contribution is 2.34. The van der Waals surface area contributed by atoms with E-state index in [1.165, 1.54) is 28.6 Å². The van der Waals surface area contributed by atoms with Crippen molar-refractivity contribution in [2.24, 2.45) is 0 Å². The second-order valence-corrected chi connectivity index (χ2v) is 10.4. The molecular formula is C23H35N3O3S2. The Morgan fingerprint density at radius 1 is 1.23 bits per heavy atom. The van der Waals surface area contributed by atoms with Crippen molar-refractivity contribution in [1.29, 1.82) is 0 Å². The third-order valence-corrected chi connectivity index (χ3v) is 8.45. The average Bonchev–Trinajstić information content (AvgIpc) is 3.15. The van der Waals surface area contributed by atoms with Gasteiger partial charge in [-0.1, -0.05) is 25.6 Å². The number of aryl methyl sites for hydroxylation is 2. The number of aromatic nitrogens is 2. The largest absolute Gasteiger partial charge is 0.383 e. The highest BCUT2D eigenvalue weighted by atomic mass is 32.2. The van der Waals surface area contributed by atoms with Crippen molar-refractivity contribution >= 4 is 39.2 Å². The van der Waals surface area contributed by atoms with Crippen molar-refractivity contribution in [2.45, 2.75) is 90.0 Å². The maximum atomic E-state index is 13.4. The quantitative estimate of drug-likeness (QED) is 0.382. The molecule has 172 valence electrons. The minimum Gasteiger partial charge on any atom is -0.383 e. The number of hydrogen-bond donors (Lipinski definition) is 0. The molecule has 1 amide bonds. The Balaban J connectivity index is 1.93. The summed E-state index contributed by atoms with van der Waals surface area (Å²) in [7, 11) is 1.63. The number of hydrogen-bond acceptors (Lipinski definition) is 6. The lowest BCUT2D eigenvalue weighted by atomic mass is 9.97. The van der Waals surface area contributed by atoms with Crippen LogP contribution in [0.15, 0.2) is 9.95 Å². The summed E-state index contributed by atoms with van der Waals surface area (Å²) in [5.74, 6) is 0.386. The molecule has 2 heterocycles. The lowest BCUT2D eigenvalue weighted by molar-refractivity contribution is -0.132. The predicted molar refractivity (Wildman–Crippen MR) is 129 cm³/mol. The fraction of sp³-hybridized carbons (Fsp3) is 0.696. The smallest absolute Gasteiger partial charge is 0.263 e. The van der Waals surface area contributed by atoms with Gasteiger partial charge in [-0.05, 0) is 57.9 Å². The van der Waals surface area contributed by atoms with Gasteiger partial charge in [0.1, 0.15) is 4.83 Å². The zero-order valence-corrected chi connectivity index (χ0v) is 21.0. The molecule has 2 atom stereocenters. The van der Waals surface area contributed by atoms with Crippen LogP contribution in [0.3, 0.4) is 0 Å². The van der Waals surface area contributed by atoms with Crippen molar-refractivity contribution in [3.05, 3.63) is 20.8 Å². The molecular weight excluding hydrogens is 430 g/mol. The Labute approximate surface area is 193 Å². The summed E-state index contributed by atoms with van der Waals surface area (Å²) in [6.07, 6.45) is 6.14.